The molecule has 2 fully saturated rings. The van der Waals surface area contributed by atoms with Gasteiger partial charge in [0.25, 0.3) is 0 Å². The van der Waals surface area contributed by atoms with E-state index in [4.69, 9.17) is 10.5 Å². The van der Waals surface area contributed by atoms with Crippen molar-refractivity contribution in [2.75, 3.05) is 54.8 Å². The Balaban J connectivity index is 1.54. The number of anilines is 3. The van der Waals surface area contributed by atoms with Crippen molar-refractivity contribution in [2.45, 2.75) is 32.6 Å². The Kier molecular flexibility index (Phi) is 6.19. The van der Waals surface area contributed by atoms with Crippen molar-refractivity contribution in [3.8, 4) is 0 Å². The molecule has 2 aliphatic heterocycles. The third-order valence-electron chi connectivity index (χ3n) is 5.83. The number of nitrogens with zero attached hydrogens (tertiary/aromatic N) is 5. The SMILES string of the molecule is C[C@@H]1CN(c2nc(N)c([N+](=O)[O-])c(N3CC[NH+](Cc4ccccc4)CC3)n2)C[C@@H](C)O1. The summed E-state index contributed by atoms with van der Waals surface area (Å²) in [4.78, 5) is 25.6. The van der Waals surface area contributed by atoms with Crippen LogP contribution in [0.25, 0.3) is 0 Å². The summed E-state index contributed by atoms with van der Waals surface area (Å²) in [6, 6.07) is 10.4. The van der Waals surface area contributed by atoms with E-state index in [1.54, 1.807) is 0 Å². The van der Waals surface area contributed by atoms with Crippen LogP contribution in [0.2, 0.25) is 0 Å². The van der Waals surface area contributed by atoms with Crippen molar-refractivity contribution >= 4 is 23.3 Å². The first kappa shape index (κ1) is 21.3. The molecule has 2 aliphatic rings. The average molecular weight is 429 g/mol. The van der Waals surface area contributed by atoms with Crippen LogP contribution in [-0.2, 0) is 11.3 Å². The number of hydrogen-bond donors (Lipinski definition) is 2. The molecular formula is C21H30N7O3+. The van der Waals surface area contributed by atoms with Crippen LogP contribution in [-0.4, -0.2) is 66.4 Å². The summed E-state index contributed by atoms with van der Waals surface area (Å²) in [5.41, 5.74) is 7.14. The van der Waals surface area contributed by atoms with E-state index in [1.807, 2.05) is 41.8 Å². The number of hydrogen-bond acceptors (Lipinski definition) is 8. The molecule has 3 N–H and O–H groups in total. The molecule has 0 saturated carbocycles. The van der Waals surface area contributed by atoms with Crippen molar-refractivity contribution in [1.29, 1.82) is 0 Å². The Morgan fingerprint density at radius 3 is 2.39 bits per heavy atom. The number of quaternary nitrogens is 1. The molecular weight excluding hydrogens is 398 g/mol. The van der Waals surface area contributed by atoms with Gasteiger partial charge in [-0.3, -0.25) is 10.1 Å². The highest BCUT2D eigenvalue weighted by Gasteiger charge is 2.33. The van der Waals surface area contributed by atoms with Crippen LogP contribution in [0, 0.1) is 10.1 Å². The Morgan fingerprint density at radius 1 is 1.13 bits per heavy atom. The molecule has 0 spiro atoms. The molecule has 31 heavy (non-hydrogen) atoms. The highest BCUT2D eigenvalue weighted by atomic mass is 16.6. The standard InChI is InChI=1S/C21H29N7O3/c1-15-12-27(13-16(2)31-15)21-23-19(22)18(28(29)30)20(24-21)26-10-8-25(9-11-26)14-17-6-4-3-5-7-17/h3-7,15-16H,8-14H2,1-2H3,(H2,22,23,24)/p+1/t15-,16-/m1/s1. The fourth-order valence-corrected chi connectivity index (χ4v) is 4.42. The summed E-state index contributed by atoms with van der Waals surface area (Å²) in [7, 11) is 0. The third-order valence-corrected chi connectivity index (χ3v) is 5.83. The van der Waals surface area contributed by atoms with Gasteiger partial charge in [-0.05, 0) is 13.8 Å². The monoisotopic (exact) mass is 428 g/mol. The molecule has 10 nitrogen and oxygen atoms in total. The van der Waals surface area contributed by atoms with Crippen LogP contribution < -0.4 is 20.4 Å². The number of nitrogens with two attached hydrogens (primary N) is 1. The van der Waals surface area contributed by atoms with Gasteiger partial charge in [-0.25, -0.2) is 0 Å². The van der Waals surface area contributed by atoms with E-state index < -0.39 is 4.92 Å². The predicted octanol–water partition coefficient (Wildman–Crippen LogP) is 0.486. The number of benzene rings is 1. The van der Waals surface area contributed by atoms with E-state index in [0.717, 1.165) is 19.6 Å². The zero-order valence-corrected chi connectivity index (χ0v) is 18.0. The Labute approximate surface area is 181 Å². The number of nitrogen functional groups attached to an aromatic ring is 1. The van der Waals surface area contributed by atoms with Crippen molar-refractivity contribution in [2.24, 2.45) is 0 Å². The molecule has 0 unspecified atom stereocenters. The van der Waals surface area contributed by atoms with Gasteiger partial charge in [0.15, 0.2) is 0 Å². The van der Waals surface area contributed by atoms with Crippen LogP contribution >= 0.6 is 0 Å². The molecule has 1 aromatic heterocycles. The number of aromatic nitrogens is 2. The van der Waals surface area contributed by atoms with Gasteiger partial charge < -0.3 is 25.2 Å². The molecule has 0 bridgehead atoms. The zero-order chi connectivity index (χ0) is 22.0. The van der Waals surface area contributed by atoms with Crippen LogP contribution in [0.4, 0.5) is 23.3 Å². The normalized spacial score (nSPS) is 22.5. The number of nitrogens with one attached hydrogen (secondary N) is 1. The first-order valence-corrected chi connectivity index (χ1v) is 10.8. The highest BCUT2D eigenvalue weighted by molar-refractivity contribution is 5.71. The predicted molar refractivity (Wildman–Crippen MR) is 118 cm³/mol. The Hall–Kier alpha value is -2.98. The molecule has 0 aliphatic carbocycles. The Morgan fingerprint density at radius 2 is 1.77 bits per heavy atom. The van der Waals surface area contributed by atoms with Crippen LogP contribution in [0.15, 0.2) is 30.3 Å². The molecule has 0 amide bonds. The molecule has 10 heteroatoms. The number of ether oxygens (including phenoxy) is 1. The largest absolute Gasteiger partial charge is 0.378 e. The molecule has 2 atom stereocenters. The second-order valence-corrected chi connectivity index (χ2v) is 8.40. The fourth-order valence-electron chi connectivity index (χ4n) is 4.42. The number of rotatable bonds is 5. The second-order valence-electron chi connectivity index (χ2n) is 8.40. The summed E-state index contributed by atoms with van der Waals surface area (Å²) >= 11 is 0. The Bertz CT molecular complexity index is 909. The lowest BCUT2D eigenvalue weighted by atomic mass is 10.2. The van der Waals surface area contributed by atoms with E-state index in [-0.39, 0.29) is 23.7 Å². The maximum atomic E-state index is 11.8. The van der Waals surface area contributed by atoms with E-state index >= 15 is 0 Å². The van der Waals surface area contributed by atoms with Crippen molar-refractivity contribution < 1.29 is 14.6 Å². The smallest absolute Gasteiger partial charge is 0.353 e. The average Bonchev–Trinajstić information content (AvgIpc) is 2.73. The minimum atomic E-state index is -0.470. The van der Waals surface area contributed by atoms with E-state index in [9.17, 15) is 10.1 Å². The summed E-state index contributed by atoms with van der Waals surface area (Å²) in [5.74, 6) is 0.660. The second kappa shape index (κ2) is 9.03. The number of nitro groups is 1. The van der Waals surface area contributed by atoms with E-state index in [0.29, 0.717) is 37.9 Å². The first-order chi connectivity index (χ1) is 14.9. The summed E-state index contributed by atoms with van der Waals surface area (Å²) < 4.78 is 5.79. The van der Waals surface area contributed by atoms with Gasteiger partial charge in [0.2, 0.25) is 17.6 Å². The quantitative estimate of drug-likeness (QED) is 0.522. The van der Waals surface area contributed by atoms with Crippen LogP contribution in [0.3, 0.4) is 0 Å². The minimum Gasteiger partial charge on any atom is -0.378 e. The van der Waals surface area contributed by atoms with Gasteiger partial charge in [0.1, 0.15) is 6.54 Å². The molecule has 3 heterocycles. The maximum Gasteiger partial charge on any atom is 0.353 e. The molecule has 1 aromatic carbocycles. The van der Waals surface area contributed by atoms with Gasteiger partial charge in [-0.2, -0.15) is 9.97 Å². The minimum absolute atomic E-state index is 0.0253. The number of morpholine rings is 1. The lowest BCUT2D eigenvalue weighted by Crippen LogP contribution is -3.13. The van der Waals surface area contributed by atoms with Crippen molar-refractivity contribution in [1.82, 2.24) is 9.97 Å². The first-order valence-electron chi connectivity index (χ1n) is 10.8. The maximum absolute atomic E-state index is 11.8. The summed E-state index contributed by atoms with van der Waals surface area (Å²) in [6.45, 7) is 9.27. The molecule has 2 saturated heterocycles. The third kappa shape index (κ3) is 4.86. The van der Waals surface area contributed by atoms with Gasteiger partial charge in [0, 0.05) is 18.7 Å². The molecule has 4 rings (SSSR count). The lowest BCUT2D eigenvalue weighted by Gasteiger charge is -2.36. The highest BCUT2D eigenvalue weighted by Crippen LogP contribution is 2.33. The molecule has 0 radical (unpaired) electrons. The zero-order valence-electron chi connectivity index (χ0n) is 18.0. The van der Waals surface area contributed by atoms with Crippen molar-refractivity contribution in [3.05, 3.63) is 46.0 Å². The van der Waals surface area contributed by atoms with Gasteiger partial charge >= 0.3 is 5.69 Å². The number of piperazine rings is 1. The lowest BCUT2D eigenvalue weighted by molar-refractivity contribution is -0.914. The topological polar surface area (TPSA) is 115 Å². The fraction of sp³-hybridized carbons (Fsp3) is 0.524. The summed E-state index contributed by atoms with van der Waals surface area (Å²) in [5, 5.41) is 11.8. The van der Waals surface area contributed by atoms with Crippen LogP contribution in [0.1, 0.15) is 19.4 Å². The molecule has 2 aromatic rings. The van der Waals surface area contributed by atoms with E-state index in [2.05, 4.69) is 22.1 Å². The van der Waals surface area contributed by atoms with Gasteiger partial charge in [-0.15, -0.1) is 0 Å². The van der Waals surface area contributed by atoms with E-state index in [1.165, 1.54) is 10.5 Å². The summed E-state index contributed by atoms with van der Waals surface area (Å²) in [6.07, 6.45) is 0.0506. The van der Waals surface area contributed by atoms with Crippen LogP contribution in [0.5, 0.6) is 0 Å². The molecule has 166 valence electrons. The van der Waals surface area contributed by atoms with Gasteiger partial charge in [-0.1, -0.05) is 30.3 Å². The van der Waals surface area contributed by atoms with Gasteiger partial charge in [0.05, 0.1) is 43.3 Å². The van der Waals surface area contributed by atoms with Crippen molar-refractivity contribution in [3.63, 3.8) is 0 Å².